The smallest absolute Gasteiger partial charge is 0.342 e. The quantitative estimate of drug-likeness (QED) is 0.368. The van der Waals surface area contributed by atoms with Crippen LogP contribution in [0.15, 0.2) is 42.5 Å². The maximum atomic E-state index is 13.1. The van der Waals surface area contributed by atoms with Crippen molar-refractivity contribution in [1.29, 1.82) is 0 Å². The molecule has 2 aromatic rings. The number of hydrogen-bond donors (Lipinski definition) is 2. The van der Waals surface area contributed by atoms with Crippen molar-refractivity contribution in [2.24, 2.45) is 5.92 Å². The minimum absolute atomic E-state index is 0.0470. The van der Waals surface area contributed by atoms with Crippen LogP contribution >= 0.6 is 45.2 Å². The lowest BCUT2D eigenvalue weighted by molar-refractivity contribution is -0.668. The Kier molecular flexibility index (Phi) is 8.16. The van der Waals surface area contributed by atoms with Gasteiger partial charge in [0.1, 0.15) is 23.0 Å². The van der Waals surface area contributed by atoms with Gasteiger partial charge in [0.25, 0.3) is 0 Å². The van der Waals surface area contributed by atoms with Crippen LogP contribution in [0.4, 0.5) is 0 Å². The van der Waals surface area contributed by atoms with E-state index in [0.29, 0.717) is 29.3 Å². The Bertz CT molecular complexity index is 999. The van der Waals surface area contributed by atoms with Gasteiger partial charge in [-0.3, -0.25) is 4.79 Å². The Hall–Kier alpha value is -1.40. The number of carbonyl (C=O) groups is 2. The van der Waals surface area contributed by atoms with Crippen molar-refractivity contribution in [3.8, 4) is 5.75 Å². The second-order valence-corrected chi connectivity index (χ2v) is 11.2. The molecule has 1 aliphatic carbocycles. The number of quaternary nitrogens is 1. The van der Waals surface area contributed by atoms with E-state index >= 15 is 0 Å². The fraction of sp³-hybridized carbons (Fsp3) is 0.440. The summed E-state index contributed by atoms with van der Waals surface area (Å²) >= 11 is 4.11. The summed E-state index contributed by atoms with van der Waals surface area (Å²) < 4.78 is 13.4. The highest BCUT2D eigenvalue weighted by atomic mass is 127. The summed E-state index contributed by atoms with van der Waals surface area (Å²) in [7, 11) is 0. The number of ether oxygens (including phenoxy) is 2. The third kappa shape index (κ3) is 5.82. The molecule has 0 bridgehead atoms. The van der Waals surface area contributed by atoms with E-state index < -0.39 is 11.6 Å². The highest BCUT2D eigenvalue weighted by Crippen LogP contribution is 2.37. The zero-order chi connectivity index (χ0) is 23.4. The molecule has 33 heavy (non-hydrogen) atoms. The topological polar surface area (TPSA) is 89.4 Å². The average Bonchev–Trinajstić information content (AvgIpc) is 2.83. The molecule has 1 saturated heterocycles. The summed E-state index contributed by atoms with van der Waals surface area (Å²) in [6.45, 7) is 1.88. The van der Waals surface area contributed by atoms with Crippen LogP contribution in [-0.2, 0) is 19.9 Å². The van der Waals surface area contributed by atoms with Gasteiger partial charge in [0.2, 0.25) is 0 Å². The lowest BCUT2D eigenvalue weighted by Crippen LogP contribution is -2.87. The van der Waals surface area contributed by atoms with Gasteiger partial charge in [-0.25, -0.2) is 4.79 Å². The molecular weight excluding hydrogens is 648 g/mol. The van der Waals surface area contributed by atoms with Crippen LogP contribution in [0.1, 0.15) is 54.4 Å². The van der Waals surface area contributed by atoms with E-state index in [1.807, 2.05) is 40.8 Å². The number of esters is 2. The third-order valence-corrected chi connectivity index (χ3v) is 8.07. The number of hydrogen-bond acceptors (Lipinski definition) is 5. The summed E-state index contributed by atoms with van der Waals surface area (Å²) in [5.41, 5.74) is 0.711. The van der Waals surface area contributed by atoms with Crippen LogP contribution in [0.5, 0.6) is 5.75 Å². The first kappa shape index (κ1) is 24.7. The molecule has 1 heterocycles. The van der Waals surface area contributed by atoms with Gasteiger partial charge in [-0.15, -0.1) is 0 Å². The Morgan fingerprint density at radius 2 is 1.67 bits per heavy atom. The van der Waals surface area contributed by atoms with E-state index in [1.165, 1.54) is 0 Å². The van der Waals surface area contributed by atoms with Crippen molar-refractivity contribution < 1.29 is 29.5 Å². The predicted octanol–water partition coefficient (Wildman–Crippen LogP) is 4.11. The van der Waals surface area contributed by atoms with E-state index in [2.05, 4.69) is 40.0 Å². The maximum Gasteiger partial charge on any atom is 0.342 e. The number of halogens is 2. The molecule has 176 valence electrons. The molecule has 6 nitrogen and oxygen atoms in total. The van der Waals surface area contributed by atoms with E-state index in [0.717, 1.165) is 35.1 Å². The van der Waals surface area contributed by atoms with Crippen LogP contribution in [-0.4, -0.2) is 36.2 Å². The number of carbonyl (C=O) groups excluding carboxylic acids is 2. The summed E-state index contributed by atoms with van der Waals surface area (Å²) in [6, 6.07) is 13.5. The van der Waals surface area contributed by atoms with Gasteiger partial charge in [-0.2, -0.15) is 0 Å². The van der Waals surface area contributed by atoms with Crippen molar-refractivity contribution in [1.82, 2.24) is 0 Å². The molecule has 3 N–H and O–H groups in total. The number of piperidine rings is 1. The monoisotopic (exact) mass is 676 g/mol. The molecule has 8 heteroatoms. The van der Waals surface area contributed by atoms with Gasteiger partial charge < -0.3 is 19.9 Å². The van der Waals surface area contributed by atoms with E-state index in [4.69, 9.17) is 9.47 Å². The van der Waals surface area contributed by atoms with Crippen LogP contribution in [0.25, 0.3) is 0 Å². The summed E-state index contributed by atoms with van der Waals surface area (Å²) in [5.74, 6) is -0.889. The summed E-state index contributed by atoms with van der Waals surface area (Å²) in [4.78, 5) is 25.8. The molecule has 0 spiro atoms. The fourth-order valence-electron chi connectivity index (χ4n) is 4.76. The lowest BCUT2D eigenvalue weighted by atomic mass is 9.83. The molecule has 0 aromatic heterocycles. The largest absolute Gasteiger partial charge is 0.506 e. The number of phenols is 1. The average molecular weight is 676 g/mol. The Balaban J connectivity index is 1.36. The molecule has 2 aliphatic rings. The van der Waals surface area contributed by atoms with Crippen LogP contribution in [0.3, 0.4) is 0 Å². The van der Waals surface area contributed by atoms with E-state index in [-0.39, 0.29) is 29.3 Å². The lowest BCUT2D eigenvalue weighted by Gasteiger charge is -2.38. The Morgan fingerprint density at radius 1 is 1.00 bits per heavy atom. The number of aromatic hydroxyl groups is 1. The minimum Gasteiger partial charge on any atom is -0.506 e. The van der Waals surface area contributed by atoms with E-state index in [9.17, 15) is 14.7 Å². The predicted molar refractivity (Wildman–Crippen MR) is 140 cm³/mol. The third-order valence-electron chi connectivity index (χ3n) is 6.63. The van der Waals surface area contributed by atoms with Gasteiger partial charge in [-0.1, -0.05) is 30.3 Å². The summed E-state index contributed by atoms with van der Waals surface area (Å²) in [5, 5.41) is 12.5. The molecule has 2 fully saturated rings. The van der Waals surface area contributed by atoms with Gasteiger partial charge in [0, 0.05) is 16.4 Å². The van der Waals surface area contributed by atoms with Crippen molar-refractivity contribution in [3.05, 3.63) is 60.7 Å². The number of rotatable bonds is 5. The van der Waals surface area contributed by atoms with Crippen LogP contribution in [0, 0.1) is 13.1 Å². The van der Waals surface area contributed by atoms with Gasteiger partial charge >= 0.3 is 11.9 Å². The van der Waals surface area contributed by atoms with Gasteiger partial charge in [0.05, 0.1) is 22.6 Å². The molecule has 4 rings (SSSR count). The second kappa shape index (κ2) is 10.9. The van der Waals surface area contributed by atoms with E-state index in [1.54, 1.807) is 12.1 Å². The highest BCUT2D eigenvalue weighted by Gasteiger charge is 2.41. The number of benzene rings is 2. The molecular formula is C25H28I2NO5+. The molecule has 0 unspecified atom stereocenters. The van der Waals surface area contributed by atoms with Crippen molar-refractivity contribution in [3.63, 3.8) is 0 Å². The first-order chi connectivity index (χ1) is 15.9. The number of phenolic OH excluding ortho intramolecular Hbond substituents is 1. The normalized spacial score (nSPS) is 22.4. The maximum absolute atomic E-state index is 13.1. The Morgan fingerprint density at radius 3 is 2.33 bits per heavy atom. The second-order valence-electron chi connectivity index (χ2n) is 8.81. The zero-order valence-electron chi connectivity index (χ0n) is 18.3. The van der Waals surface area contributed by atoms with Gasteiger partial charge in [-0.05, 0) is 88.6 Å². The molecule has 0 amide bonds. The standard InChI is InChI=1S/C25H27I2NO5/c26-18-14-20(22(29)21(27)15-18)24(31)32-19-8-6-16(7-9-19)23(30)33-25(10-12-28-13-11-25)17-4-2-1-3-5-17/h1-5,14-16,19,28-29H,6-13H2/p+1. The number of nitrogens with two attached hydrogens (primary N) is 1. The minimum atomic E-state index is -0.546. The molecule has 0 atom stereocenters. The Labute approximate surface area is 221 Å². The van der Waals surface area contributed by atoms with Crippen molar-refractivity contribution in [2.75, 3.05) is 13.1 Å². The SMILES string of the molecule is O=C(OC1CCC(C(=O)OC2(c3ccccc3)CC[NH2+]CC2)CC1)c1cc(I)cc(I)c1O. The van der Waals surface area contributed by atoms with Crippen molar-refractivity contribution >= 4 is 57.1 Å². The van der Waals surface area contributed by atoms with Crippen LogP contribution in [0.2, 0.25) is 0 Å². The first-order valence-electron chi connectivity index (χ1n) is 11.4. The van der Waals surface area contributed by atoms with Gasteiger partial charge in [0.15, 0.2) is 0 Å². The molecule has 0 radical (unpaired) electrons. The molecule has 1 aliphatic heterocycles. The fourth-order valence-corrected chi connectivity index (χ4v) is 6.60. The highest BCUT2D eigenvalue weighted by molar-refractivity contribution is 14.1. The molecule has 1 saturated carbocycles. The van der Waals surface area contributed by atoms with Crippen molar-refractivity contribution in [2.45, 2.75) is 50.2 Å². The zero-order valence-corrected chi connectivity index (χ0v) is 22.6. The summed E-state index contributed by atoms with van der Waals surface area (Å²) in [6.07, 6.45) is 3.84. The first-order valence-corrected chi connectivity index (χ1v) is 13.5. The molecule has 2 aromatic carbocycles. The van der Waals surface area contributed by atoms with Crippen LogP contribution < -0.4 is 5.32 Å².